The molecular formula is C39H52N2O10S4. The fourth-order valence-corrected chi connectivity index (χ4v) is 9.25. The van der Waals surface area contributed by atoms with E-state index in [1.807, 2.05) is 63.0 Å². The molecule has 2 aliphatic heterocycles. The third kappa shape index (κ3) is 10.7. The molecule has 1 unspecified atom stereocenters. The zero-order chi connectivity index (χ0) is 40.7. The minimum atomic E-state index is -4.71. The van der Waals surface area contributed by atoms with Gasteiger partial charge in [-0.15, -0.1) is 0 Å². The lowest BCUT2D eigenvalue weighted by Crippen LogP contribution is -2.31. The Balaban J connectivity index is 1.72. The number of thiol groups is 3. The van der Waals surface area contributed by atoms with Crippen LogP contribution < -0.4 is 4.90 Å². The molecular weight excluding hydrogens is 785 g/mol. The van der Waals surface area contributed by atoms with Crippen molar-refractivity contribution in [3.05, 3.63) is 83.6 Å². The summed E-state index contributed by atoms with van der Waals surface area (Å²) in [5.41, 5.74) is 3.26. The number of carbonyl (C=O) groups is 1. The Kier molecular flexibility index (Phi) is 15.0. The number of nitrogens with zero attached hydrogens (tertiary/aromatic N) is 2. The quantitative estimate of drug-likeness (QED) is 0.0543. The molecule has 0 N–H and O–H groups in total. The summed E-state index contributed by atoms with van der Waals surface area (Å²) in [6, 6.07) is 9.25. The Bertz CT molecular complexity index is 2240. The predicted molar refractivity (Wildman–Crippen MR) is 216 cm³/mol. The molecule has 0 fully saturated rings. The standard InChI is InChI=1S/C39H52N2O10S4/c1-28(2)35(42)14-8-7-11-21-39(5)32-26-29(54(47)48)17-19-34(32)41(23-13-25-53(45)46)37(39)16-10-6-9-15-36-38(3,4)31-27-30(55(49,50)51)18-20-33(31)40(36)22-12-24-52(43)44/h6,9-10,15-20,26-28,52-54H,7-8,11-14,21-25H2,1-5H3. The van der Waals surface area contributed by atoms with Gasteiger partial charge in [0.2, 0.25) is 5.69 Å². The molecule has 302 valence electrons. The summed E-state index contributed by atoms with van der Waals surface area (Å²) in [5.74, 6) is 0.167. The second-order valence-corrected chi connectivity index (χ2v) is 19.7. The number of Topliss-reactive ketones (excluding diaryl/α,β-unsaturated/α-hetero) is 1. The predicted octanol–water partition coefficient (Wildman–Crippen LogP) is 4.89. The van der Waals surface area contributed by atoms with Gasteiger partial charge >= 0.3 is 0 Å². The van der Waals surface area contributed by atoms with E-state index in [-0.39, 0.29) is 33.0 Å². The van der Waals surface area contributed by atoms with Crippen LogP contribution >= 0.6 is 0 Å². The van der Waals surface area contributed by atoms with E-state index >= 15 is 0 Å². The van der Waals surface area contributed by atoms with Gasteiger partial charge in [-0.3, -0.25) is 4.79 Å². The molecule has 0 saturated carbocycles. The van der Waals surface area contributed by atoms with Crippen molar-refractivity contribution in [1.29, 1.82) is 0 Å². The van der Waals surface area contributed by atoms with Gasteiger partial charge in [-0.2, -0.15) is 4.58 Å². The van der Waals surface area contributed by atoms with Crippen molar-refractivity contribution in [2.24, 2.45) is 5.92 Å². The summed E-state index contributed by atoms with van der Waals surface area (Å²) in [5, 5.41) is 0. The van der Waals surface area contributed by atoms with Gasteiger partial charge in [-0.1, -0.05) is 58.8 Å². The first-order valence-electron chi connectivity index (χ1n) is 18.4. The Morgan fingerprint density at radius 1 is 0.855 bits per heavy atom. The molecule has 4 rings (SSSR count). The van der Waals surface area contributed by atoms with Crippen LogP contribution in [0.25, 0.3) is 0 Å². The Morgan fingerprint density at radius 2 is 1.55 bits per heavy atom. The van der Waals surface area contributed by atoms with Crippen molar-refractivity contribution in [3.8, 4) is 0 Å². The monoisotopic (exact) mass is 836 g/mol. The van der Waals surface area contributed by atoms with Gasteiger partial charge in [0.1, 0.15) is 43.9 Å². The van der Waals surface area contributed by atoms with Crippen LogP contribution in [0.2, 0.25) is 0 Å². The number of benzene rings is 2. The van der Waals surface area contributed by atoms with Crippen LogP contribution in [0.5, 0.6) is 0 Å². The van der Waals surface area contributed by atoms with E-state index in [1.54, 1.807) is 24.3 Å². The highest BCUT2D eigenvalue weighted by molar-refractivity contribution is 7.85. The fraction of sp³-hybridized carbons (Fsp3) is 0.487. The van der Waals surface area contributed by atoms with E-state index in [9.17, 15) is 43.0 Å². The maximum atomic E-state index is 12.2. The van der Waals surface area contributed by atoms with Crippen LogP contribution in [0.15, 0.2) is 82.3 Å². The fourth-order valence-electron chi connectivity index (χ4n) is 7.53. The van der Waals surface area contributed by atoms with Crippen LogP contribution in [0.1, 0.15) is 90.7 Å². The zero-order valence-corrected chi connectivity index (χ0v) is 35.4. The average Bonchev–Trinajstić information content (AvgIpc) is 3.45. The van der Waals surface area contributed by atoms with E-state index in [2.05, 4.69) is 11.5 Å². The number of ketones is 1. The normalized spacial score (nSPS) is 19.0. The molecule has 16 heteroatoms. The second kappa shape index (κ2) is 18.7. The first kappa shape index (κ1) is 44.3. The van der Waals surface area contributed by atoms with Gasteiger partial charge < -0.3 is 9.45 Å². The molecule has 0 aliphatic carbocycles. The molecule has 0 saturated heterocycles. The molecule has 0 aromatic heterocycles. The Labute approximate surface area is 330 Å². The summed E-state index contributed by atoms with van der Waals surface area (Å²) in [4.78, 5) is 14.0. The summed E-state index contributed by atoms with van der Waals surface area (Å²) in [6.45, 7) is 10.4. The SMILES string of the molecule is CC(C)C(=O)CCCCCC1(C)C(/C=C/C=C/C=C2/N(CCC[SH](=O)=O)c3ccc(S(=O)(=O)[O-])cc3C2(C)C)=[N+](CCC[SH](=O)=O)c2ccc([SH](=O)=O)cc21. The lowest BCUT2D eigenvalue weighted by molar-refractivity contribution is -0.437. The van der Waals surface area contributed by atoms with Gasteiger partial charge in [0.25, 0.3) is 0 Å². The van der Waals surface area contributed by atoms with Crippen molar-refractivity contribution in [2.75, 3.05) is 29.5 Å². The van der Waals surface area contributed by atoms with Gasteiger partial charge in [0.05, 0.1) is 21.0 Å². The van der Waals surface area contributed by atoms with Crippen molar-refractivity contribution in [2.45, 2.75) is 100 Å². The van der Waals surface area contributed by atoms with Crippen molar-refractivity contribution >= 4 is 65.1 Å². The highest BCUT2D eigenvalue weighted by atomic mass is 32.2. The van der Waals surface area contributed by atoms with Crippen molar-refractivity contribution < 1.29 is 47.6 Å². The maximum absolute atomic E-state index is 12.2. The smallest absolute Gasteiger partial charge is 0.209 e. The number of carbonyl (C=O) groups excluding carboxylic acids is 1. The molecule has 0 radical (unpaired) electrons. The van der Waals surface area contributed by atoms with Crippen molar-refractivity contribution in [1.82, 2.24) is 0 Å². The van der Waals surface area contributed by atoms with Gasteiger partial charge in [-0.05, 0) is 68.2 Å². The lowest BCUT2D eigenvalue weighted by atomic mass is 9.75. The maximum Gasteiger partial charge on any atom is 0.209 e. The molecule has 2 aromatic carbocycles. The molecule has 1 atom stereocenters. The second-order valence-electron chi connectivity index (χ2n) is 15.0. The minimum absolute atomic E-state index is 0.00103. The molecule has 2 aliphatic rings. The molecule has 12 nitrogen and oxygen atoms in total. The van der Waals surface area contributed by atoms with E-state index in [0.29, 0.717) is 50.0 Å². The van der Waals surface area contributed by atoms with Crippen LogP contribution in [0.4, 0.5) is 11.4 Å². The van der Waals surface area contributed by atoms with Crippen LogP contribution in [0.3, 0.4) is 0 Å². The van der Waals surface area contributed by atoms with E-state index in [0.717, 1.165) is 41.9 Å². The van der Waals surface area contributed by atoms with Crippen LogP contribution in [0, 0.1) is 5.92 Å². The number of unbranched alkanes of at least 4 members (excludes halogenated alkanes) is 2. The van der Waals surface area contributed by atoms with E-state index < -0.39 is 53.1 Å². The van der Waals surface area contributed by atoms with Crippen LogP contribution in [-0.4, -0.2) is 78.9 Å². The number of fused-ring (bicyclic) bond motifs is 2. The molecule has 2 heterocycles. The molecule has 55 heavy (non-hydrogen) atoms. The first-order valence-corrected chi connectivity index (χ1v) is 23.7. The highest BCUT2D eigenvalue weighted by Crippen LogP contribution is 2.49. The Hall–Kier alpha value is -3.44. The largest absolute Gasteiger partial charge is 0.744 e. The molecule has 0 amide bonds. The average molecular weight is 837 g/mol. The lowest BCUT2D eigenvalue weighted by Gasteiger charge is -2.26. The van der Waals surface area contributed by atoms with Crippen molar-refractivity contribution in [3.63, 3.8) is 0 Å². The number of allylic oxidation sites excluding steroid dienone is 6. The van der Waals surface area contributed by atoms with Gasteiger partial charge in [0.15, 0.2) is 16.4 Å². The summed E-state index contributed by atoms with van der Waals surface area (Å²) in [7, 11) is -12.7. The zero-order valence-electron chi connectivity index (χ0n) is 31.9. The molecule has 0 bridgehead atoms. The summed E-state index contributed by atoms with van der Waals surface area (Å²) in [6.07, 6.45) is 13.5. The van der Waals surface area contributed by atoms with Gasteiger partial charge in [-0.25, -0.2) is 33.7 Å². The highest BCUT2D eigenvalue weighted by Gasteiger charge is 2.47. The van der Waals surface area contributed by atoms with Crippen LogP contribution in [-0.2, 0) is 57.9 Å². The molecule has 0 spiro atoms. The Morgan fingerprint density at radius 3 is 2.18 bits per heavy atom. The third-order valence-corrected chi connectivity index (χ3v) is 13.4. The van der Waals surface area contributed by atoms with E-state index in [4.69, 9.17) is 0 Å². The first-order chi connectivity index (χ1) is 25.8. The number of hydrogen-bond acceptors (Lipinski definition) is 11. The topological polar surface area (TPSA) is 183 Å². The molecule has 2 aromatic rings. The van der Waals surface area contributed by atoms with Gasteiger partial charge in [0, 0.05) is 65.6 Å². The summed E-state index contributed by atoms with van der Waals surface area (Å²) >= 11 is 0. The third-order valence-electron chi connectivity index (χ3n) is 10.5. The number of rotatable bonds is 20. The minimum Gasteiger partial charge on any atom is -0.744 e. The number of anilines is 1. The number of hydrogen-bond donors (Lipinski definition) is 3. The summed E-state index contributed by atoms with van der Waals surface area (Å²) < 4.78 is 108. The van der Waals surface area contributed by atoms with E-state index in [1.165, 1.54) is 12.1 Å².